The van der Waals surface area contributed by atoms with Crippen LogP contribution in [0, 0.1) is 0 Å². The lowest BCUT2D eigenvalue weighted by Gasteiger charge is -2.40. The van der Waals surface area contributed by atoms with Crippen molar-refractivity contribution in [3.05, 3.63) is 16.6 Å². The van der Waals surface area contributed by atoms with Gasteiger partial charge in [-0.05, 0) is 12.8 Å². The van der Waals surface area contributed by atoms with Crippen molar-refractivity contribution in [2.45, 2.75) is 31.9 Å². The first-order valence-electron chi connectivity index (χ1n) is 8.41. The van der Waals surface area contributed by atoms with E-state index in [-0.39, 0.29) is 17.9 Å². The molecular weight excluding hydrogens is 328 g/mol. The van der Waals surface area contributed by atoms with Crippen LogP contribution in [0.2, 0.25) is 0 Å². The molecule has 0 aliphatic carbocycles. The summed E-state index contributed by atoms with van der Waals surface area (Å²) in [5, 5.41) is 10.5. The minimum atomic E-state index is -0.437. The average molecular weight is 352 g/mol. The Morgan fingerprint density at radius 2 is 1.83 bits per heavy atom. The second-order valence-electron chi connectivity index (χ2n) is 6.41. The first kappa shape index (κ1) is 17.3. The molecule has 2 amide bonds. The molecule has 1 N–H and O–H groups in total. The molecule has 24 heavy (non-hydrogen) atoms. The Kier molecular flexibility index (Phi) is 5.47. The Hall–Kier alpha value is -1.51. The van der Waals surface area contributed by atoms with Crippen LogP contribution in [0.5, 0.6) is 0 Å². The molecule has 1 aromatic rings. The number of carbonyl (C=O) groups excluding carboxylic acids is 2. The van der Waals surface area contributed by atoms with E-state index >= 15 is 0 Å². The summed E-state index contributed by atoms with van der Waals surface area (Å²) in [7, 11) is 0. The lowest BCUT2D eigenvalue weighted by molar-refractivity contribution is -0.131. The van der Waals surface area contributed by atoms with Gasteiger partial charge in [0.05, 0.1) is 17.8 Å². The van der Waals surface area contributed by atoms with Gasteiger partial charge in [0.25, 0.3) is 5.91 Å². The van der Waals surface area contributed by atoms with Gasteiger partial charge in [0, 0.05) is 52.2 Å². The van der Waals surface area contributed by atoms with Gasteiger partial charge in [-0.15, -0.1) is 11.3 Å². The number of thiazole rings is 1. The summed E-state index contributed by atoms with van der Waals surface area (Å²) in [6, 6.07) is 0.0540. The molecule has 7 nitrogen and oxygen atoms in total. The van der Waals surface area contributed by atoms with E-state index in [2.05, 4.69) is 9.88 Å². The normalized spacial score (nSPS) is 26.2. The van der Waals surface area contributed by atoms with Crippen molar-refractivity contribution in [2.24, 2.45) is 0 Å². The van der Waals surface area contributed by atoms with Crippen LogP contribution in [0.1, 0.15) is 29.4 Å². The fourth-order valence-electron chi connectivity index (χ4n) is 3.55. The lowest BCUT2D eigenvalue weighted by Crippen LogP contribution is -2.54. The highest BCUT2D eigenvalue weighted by Gasteiger charge is 2.33. The van der Waals surface area contributed by atoms with Crippen LogP contribution in [0.15, 0.2) is 11.7 Å². The van der Waals surface area contributed by atoms with Crippen LogP contribution in [-0.4, -0.2) is 88.0 Å². The second-order valence-corrected chi connectivity index (χ2v) is 7.30. The van der Waals surface area contributed by atoms with Crippen molar-refractivity contribution in [2.75, 3.05) is 39.3 Å². The molecule has 2 aliphatic rings. The van der Waals surface area contributed by atoms with Crippen molar-refractivity contribution in [3.63, 3.8) is 0 Å². The fourth-order valence-corrected chi connectivity index (χ4v) is 4.13. The Bertz CT molecular complexity index is 572. The van der Waals surface area contributed by atoms with Gasteiger partial charge in [0.15, 0.2) is 0 Å². The summed E-state index contributed by atoms with van der Waals surface area (Å²) in [6.07, 6.45) is 2.51. The summed E-state index contributed by atoms with van der Waals surface area (Å²) in [5.41, 5.74) is 1.66. The van der Waals surface area contributed by atoms with Gasteiger partial charge in [-0.25, -0.2) is 0 Å². The van der Waals surface area contributed by atoms with Crippen molar-refractivity contribution in [1.29, 1.82) is 0 Å². The van der Waals surface area contributed by atoms with Crippen molar-refractivity contribution >= 4 is 23.2 Å². The van der Waals surface area contributed by atoms with Crippen LogP contribution in [0.25, 0.3) is 0 Å². The van der Waals surface area contributed by atoms with E-state index in [0.717, 1.165) is 19.5 Å². The van der Waals surface area contributed by atoms with Crippen molar-refractivity contribution < 1.29 is 14.7 Å². The topological polar surface area (TPSA) is 77.0 Å². The zero-order valence-corrected chi connectivity index (χ0v) is 14.7. The smallest absolute Gasteiger partial charge is 0.265 e. The number of amides is 2. The Labute approximate surface area is 145 Å². The van der Waals surface area contributed by atoms with E-state index in [0.29, 0.717) is 37.5 Å². The summed E-state index contributed by atoms with van der Waals surface area (Å²) in [6.45, 7) is 5.80. The zero-order valence-electron chi connectivity index (χ0n) is 13.9. The number of carbonyl (C=O) groups is 2. The minimum Gasteiger partial charge on any atom is -0.391 e. The third-order valence-corrected chi connectivity index (χ3v) is 5.75. The van der Waals surface area contributed by atoms with Crippen LogP contribution in [0.4, 0.5) is 0 Å². The van der Waals surface area contributed by atoms with Gasteiger partial charge in [-0.3, -0.25) is 19.5 Å². The van der Waals surface area contributed by atoms with Gasteiger partial charge >= 0.3 is 0 Å². The van der Waals surface area contributed by atoms with Gasteiger partial charge in [-0.2, -0.15) is 0 Å². The molecule has 2 fully saturated rings. The Balaban J connectivity index is 1.59. The Morgan fingerprint density at radius 3 is 2.46 bits per heavy atom. The number of aromatic nitrogens is 1. The molecular formula is C16H24N4O3S. The summed E-state index contributed by atoms with van der Waals surface area (Å²) < 4.78 is 0. The SMILES string of the molecule is CC(=O)N1CCN([C@H]2CCN(C(=O)c3cncs3)CC[C@@H]2O)CC1. The molecule has 0 unspecified atom stereocenters. The molecule has 3 rings (SSSR count). The number of aliphatic hydroxyl groups excluding tert-OH is 1. The molecule has 2 atom stereocenters. The fraction of sp³-hybridized carbons (Fsp3) is 0.688. The monoisotopic (exact) mass is 352 g/mol. The number of rotatable bonds is 2. The summed E-state index contributed by atoms with van der Waals surface area (Å²) in [5.74, 6) is 0.115. The van der Waals surface area contributed by atoms with Crippen LogP contribution in [0.3, 0.4) is 0 Å². The van der Waals surface area contributed by atoms with Crippen LogP contribution >= 0.6 is 11.3 Å². The van der Waals surface area contributed by atoms with Gasteiger partial charge in [0.2, 0.25) is 5.91 Å². The molecule has 2 saturated heterocycles. The van der Waals surface area contributed by atoms with E-state index in [1.54, 1.807) is 18.6 Å². The molecule has 0 saturated carbocycles. The highest BCUT2D eigenvalue weighted by atomic mass is 32.1. The number of aliphatic hydroxyl groups is 1. The number of hydrogen-bond acceptors (Lipinski definition) is 6. The third-order valence-electron chi connectivity index (χ3n) is 4.99. The zero-order chi connectivity index (χ0) is 17.1. The first-order valence-corrected chi connectivity index (χ1v) is 9.29. The molecule has 0 radical (unpaired) electrons. The van der Waals surface area contributed by atoms with Gasteiger partial charge in [-0.1, -0.05) is 0 Å². The molecule has 0 aromatic carbocycles. The molecule has 8 heteroatoms. The minimum absolute atomic E-state index is 0.00625. The number of hydrogen-bond donors (Lipinski definition) is 1. The molecule has 132 valence electrons. The Morgan fingerprint density at radius 1 is 1.12 bits per heavy atom. The van der Waals surface area contributed by atoms with E-state index in [4.69, 9.17) is 0 Å². The highest BCUT2D eigenvalue weighted by molar-refractivity contribution is 7.11. The number of likely N-dealkylation sites (tertiary alicyclic amines) is 1. The maximum absolute atomic E-state index is 12.5. The predicted octanol–water partition coefficient (Wildman–Crippen LogP) is 0.273. The average Bonchev–Trinajstić information content (AvgIpc) is 3.05. The summed E-state index contributed by atoms with van der Waals surface area (Å²) in [4.78, 5) is 34.5. The maximum atomic E-state index is 12.5. The third kappa shape index (κ3) is 3.76. The van der Waals surface area contributed by atoms with E-state index in [1.165, 1.54) is 11.3 Å². The molecule has 2 aliphatic heterocycles. The van der Waals surface area contributed by atoms with Crippen molar-refractivity contribution in [1.82, 2.24) is 19.7 Å². The standard InChI is InChI=1S/C16H24N4O3S/c1-12(21)18-6-8-19(9-7-18)13-2-4-20(5-3-14(13)22)16(23)15-10-17-11-24-15/h10-11,13-14,22H,2-9H2,1H3/t13-,14-/m0/s1. The van der Waals surface area contributed by atoms with E-state index < -0.39 is 6.10 Å². The number of piperazine rings is 1. The van der Waals surface area contributed by atoms with E-state index in [9.17, 15) is 14.7 Å². The number of nitrogens with zero attached hydrogens (tertiary/aromatic N) is 4. The molecule has 1 aromatic heterocycles. The van der Waals surface area contributed by atoms with Crippen LogP contribution in [-0.2, 0) is 4.79 Å². The second kappa shape index (κ2) is 7.58. The van der Waals surface area contributed by atoms with Crippen LogP contribution < -0.4 is 0 Å². The van der Waals surface area contributed by atoms with E-state index in [1.807, 2.05) is 9.80 Å². The van der Waals surface area contributed by atoms with Gasteiger partial charge in [0.1, 0.15) is 4.88 Å². The predicted molar refractivity (Wildman–Crippen MR) is 90.9 cm³/mol. The molecule has 3 heterocycles. The van der Waals surface area contributed by atoms with Crippen molar-refractivity contribution in [3.8, 4) is 0 Å². The first-order chi connectivity index (χ1) is 11.6. The maximum Gasteiger partial charge on any atom is 0.265 e. The molecule has 0 bridgehead atoms. The molecule has 0 spiro atoms. The lowest BCUT2D eigenvalue weighted by atomic mass is 10.0. The largest absolute Gasteiger partial charge is 0.391 e. The van der Waals surface area contributed by atoms with Gasteiger partial charge < -0.3 is 14.9 Å². The quantitative estimate of drug-likeness (QED) is 0.827. The summed E-state index contributed by atoms with van der Waals surface area (Å²) >= 11 is 1.35. The highest BCUT2D eigenvalue weighted by Crippen LogP contribution is 2.21.